The van der Waals surface area contributed by atoms with E-state index in [0.717, 1.165) is 43.6 Å². The van der Waals surface area contributed by atoms with Gasteiger partial charge in [-0.2, -0.15) is 0 Å². The van der Waals surface area contributed by atoms with Crippen molar-refractivity contribution in [1.82, 2.24) is 0 Å². The summed E-state index contributed by atoms with van der Waals surface area (Å²) in [5.41, 5.74) is 1.87. The summed E-state index contributed by atoms with van der Waals surface area (Å²) in [6.45, 7) is 0.431. The van der Waals surface area contributed by atoms with Crippen molar-refractivity contribution in [3.05, 3.63) is 29.3 Å². The van der Waals surface area contributed by atoms with E-state index in [2.05, 4.69) is 6.07 Å². The quantitative estimate of drug-likeness (QED) is 0.861. The molecular formula is C14H16O3. The predicted octanol–water partition coefficient (Wildman–Crippen LogP) is 1.60. The molecule has 0 unspecified atom stereocenters. The van der Waals surface area contributed by atoms with Gasteiger partial charge in [-0.3, -0.25) is 4.79 Å². The van der Waals surface area contributed by atoms with Crippen LogP contribution in [0.1, 0.15) is 30.4 Å². The summed E-state index contributed by atoms with van der Waals surface area (Å²) in [4.78, 5) is 11.8. The van der Waals surface area contributed by atoms with Gasteiger partial charge in [0.15, 0.2) is 5.78 Å². The van der Waals surface area contributed by atoms with Crippen LogP contribution in [-0.2, 0) is 16.6 Å². The van der Waals surface area contributed by atoms with Crippen molar-refractivity contribution in [2.75, 3.05) is 13.2 Å². The maximum Gasteiger partial charge on any atom is 0.168 e. The van der Waals surface area contributed by atoms with Gasteiger partial charge in [0, 0.05) is 0 Å². The molecule has 1 saturated carbocycles. The molecule has 2 aliphatic rings. The largest absolute Gasteiger partial charge is 0.493 e. The average Bonchev–Trinajstić information content (AvgIpc) is 3.19. The Morgan fingerprint density at radius 1 is 1.41 bits per heavy atom. The third kappa shape index (κ3) is 1.65. The van der Waals surface area contributed by atoms with Gasteiger partial charge in [0.05, 0.1) is 12.0 Å². The molecule has 0 bridgehead atoms. The first-order chi connectivity index (χ1) is 8.26. The summed E-state index contributed by atoms with van der Waals surface area (Å²) in [6.07, 6.45) is 3.79. The molecule has 1 fully saturated rings. The van der Waals surface area contributed by atoms with Crippen molar-refractivity contribution in [1.29, 1.82) is 0 Å². The van der Waals surface area contributed by atoms with Gasteiger partial charge in [-0.15, -0.1) is 0 Å². The summed E-state index contributed by atoms with van der Waals surface area (Å²) in [5, 5.41) is 9.04. The van der Waals surface area contributed by atoms with Crippen molar-refractivity contribution in [3.63, 3.8) is 0 Å². The molecule has 3 nitrogen and oxygen atoms in total. The monoisotopic (exact) mass is 232 g/mol. The van der Waals surface area contributed by atoms with Crippen molar-refractivity contribution in [2.24, 2.45) is 0 Å². The zero-order valence-electron chi connectivity index (χ0n) is 9.74. The second-order valence-electron chi connectivity index (χ2n) is 4.94. The van der Waals surface area contributed by atoms with E-state index < -0.39 is 0 Å². The molecule has 0 saturated heterocycles. The second kappa shape index (κ2) is 3.84. The van der Waals surface area contributed by atoms with Gasteiger partial charge in [0.1, 0.15) is 12.4 Å². The number of rotatable bonds is 3. The van der Waals surface area contributed by atoms with Crippen LogP contribution in [0.2, 0.25) is 0 Å². The van der Waals surface area contributed by atoms with Crippen LogP contribution in [0, 0.1) is 0 Å². The first-order valence-electron chi connectivity index (χ1n) is 6.17. The van der Waals surface area contributed by atoms with Crippen LogP contribution in [0.3, 0.4) is 0 Å². The van der Waals surface area contributed by atoms with Crippen molar-refractivity contribution >= 4 is 5.78 Å². The van der Waals surface area contributed by atoms with Gasteiger partial charge in [-0.1, -0.05) is 12.1 Å². The van der Waals surface area contributed by atoms with Crippen molar-refractivity contribution in [3.8, 4) is 5.75 Å². The Labute approximate surface area is 100 Å². The fourth-order valence-electron chi connectivity index (χ4n) is 2.66. The first kappa shape index (κ1) is 10.8. The zero-order chi connectivity index (χ0) is 11.9. The normalized spacial score (nSPS) is 20.3. The summed E-state index contributed by atoms with van der Waals surface area (Å²) < 4.78 is 5.56. The molecule has 3 heteroatoms. The lowest BCUT2D eigenvalue weighted by molar-refractivity contribution is -0.124. The number of hydrogen-bond acceptors (Lipinski definition) is 3. The number of benzene rings is 1. The standard InChI is InChI=1S/C14H16O3/c15-9-13(16)14(5-6-14)11-3-4-12-10(8-11)2-1-7-17-12/h3-4,8,15H,1-2,5-7,9H2. The van der Waals surface area contributed by atoms with Crippen LogP contribution in [0.15, 0.2) is 18.2 Å². The topological polar surface area (TPSA) is 46.5 Å². The number of carbonyl (C=O) groups is 1. The maximum atomic E-state index is 11.8. The van der Waals surface area contributed by atoms with Gasteiger partial charge in [-0.25, -0.2) is 0 Å². The number of carbonyl (C=O) groups excluding carboxylic acids is 1. The lowest BCUT2D eigenvalue weighted by Crippen LogP contribution is -2.24. The minimum Gasteiger partial charge on any atom is -0.493 e. The lowest BCUT2D eigenvalue weighted by atomic mass is 9.89. The zero-order valence-corrected chi connectivity index (χ0v) is 9.74. The number of aryl methyl sites for hydroxylation is 1. The molecule has 1 N–H and O–H groups in total. The summed E-state index contributed by atoms with van der Waals surface area (Å²) in [6, 6.07) is 6.04. The number of hydrogen-bond donors (Lipinski definition) is 1. The highest BCUT2D eigenvalue weighted by molar-refractivity contribution is 5.94. The van der Waals surface area contributed by atoms with Crippen LogP contribution in [0.5, 0.6) is 5.75 Å². The Kier molecular flexibility index (Phi) is 2.44. The third-order valence-electron chi connectivity index (χ3n) is 3.89. The molecule has 0 atom stereocenters. The Balaban J connectivity index is 1.96. The van der Waals surface area contributed by atoms with Gasteiger partial charge in [-0.05, 0) is 42.9 Å². The number of Topliss-reactive ketones (excluding diaryl/α,β-unsaturated/α-hetero) is 1. The van der Waals surface area contributed by atoms with E-state index in [9.17, 15) is 4.79 Å². The molecule has 1 aromatic rings. The van der Waals surface area contributed by atoms with E-state index >= 15 is 0 Å². The van der Waals surface area contributed by atoms with Crippen LogP contribution in [0.4, 0.5) is 0 Å². The number of ketones is 1. The molecule has 0 amide bonds. The molecule has 0 spiro atoms. The number of aliphatic hydroxyl groups is 1. The van der Waals surface area contributed by atoms with Crippen LogP contribution in [-0.4, -0.2) is 24.1 Å². The van der Waals surface area contributed by atoms with Gasteiger partial charge in [0.25, 0.3) is 0 Å². The Morgan fingerprint density at radius 3 is 2.94 bits per heavy atom. The van der Waals surface area contributed by atoms with Crippen LogP contribution >= 0.6 is 0 Å². The Hall–Kier alpha value is -1.35. The van der Waals surface area contributed by atoms with Gasteiger partial charge in [0.2, 0.25) is 0 Å². The van der Waals surface area contributed by atoms with E-state index in [1.54, 1.807) is 0 Å². The van der Waals surface area contributed by atoms with E-state index in [-0.39, 0.29) is 17.8 Å². The minimum absolute atomic E-state index is 0.0471. The van der Waals surface area contributed by atoms with Crippen LogP contribution < -0.4 is 4.74 Å². The fourth-order valence-corrected chi connectivity index (χ4v) is 2.66. The highest BCUT2D eigenvalue weighted by atomic mass is 16.5. The van der Waals surface area contributed by atoms with Crippen molar-refractivity contribution in [2.45, 2.75) is 31.1 Å². The van der Waals surface area contributed by atoms with Crippen molar-refractivity contribution < 1.29 is 14.6 Å². The fraction of sp³-hybridized carbons (Fsp3) is 0.500. The van der Waals surface area contributed by atoms with Gasteiger partial charge >= 0.3 is 0 Å². The molecule has 0 aromatic heterocycles. The highest BCUT2D eigenvalue weighted by Gasteiger charge is 2.50. The average molecular weight is 232 g/mol. The second-order valence-corrected chi connectivity index (χ2v) is 4.94. The summed E-state index contributed by atoms with van der Waals surface area (Å²) >= 11 is 0. The van der Waals surface area contributed by atoms with Gasteiger partial charge < -0.3 is 9.84 Å². The maximum absolute atomic E-state index is 11.8. The summed E-state index contributed by atoms with van der Waals surface area (Å²) in [7, 11) is 0. The minimum atomic E-state index is -0.388. The smallest absolute Gasteiger partial charge is 0.168 e. The molecule has 0 radical (unpaired) electrons. The third-order valence-corrected chi connectivity index (χ3v) is 3.89. The molecule has 17 heavy (non-hydrogen) atoms. The number of ether oxygens (including phenoxy) is 1. The molecule has 3 rings (SSSR count). The summed E-state index contributed by atoms with van der Waals surface area (Å²) in [5.74, 6) is 0.904. The number of fused-ring (bicyclic) bond motifs is 1. The molecule has 90 valence electrons. The van der Waals surface area contributed by atoms with Crippen LogP contribution in [0.25, 0.3) is 0 Å². The first-order valence-corrected chi connectivity index (χ1v) is 6.17. The van der Waals surface area contributed by atoms with E-state index in [4.69, 9.17) is 9.84 Å². The highest BCUT2D eigenvalue weighted by Crippen LogP contribution is 2.49. The Bertz CT molecular complexity index is 461. The molecular weight excluding hydrogens is 216 g/mol. The SMILES string of the molecule is O=C(CO)C1(c2ccc3c(c2)CCCO3)CC1. The Morgan fingerprint density at radius 2 is 2.24 bits per heavy atom. The lowest BCUT2D eigenvalue weighted by Gasteiger charge is -2.20. The number of aliphatic hydroxyl groups excluding tert-OH is 1. The molecule has 1 aliphatic carbocycles. The molecule has 1 heterocycles. The van der Waals surface area contributed by atoms with E-state index in [0.29, 0.717) is 0 Å². The molecule has 1 aromatic carbocycles. The predicted molar refractivity (Wildman–Crippen MR) is 63.3 cm³/mol. The molecule has 1 aliphatic heterocycles. The van der Waals surface area contributed by atoms with E-state index in [1.807, 2.05) is 12.1 Å². The van der Waals surface area contributed by atoms with E-state index in [1.165, 1.54) is 5.56 Å².